The van der Waals surface area contributed by atoms with Gasteiger partial charge in [-0.05, 0) is 31.2 Å². The Labute approximate surface area is 141 Å². The molecule has 4 rings (SSSR count). The van der Waals surface area contributed by atoms with Gasteiger partial charge < -0.3 is 4.74 Å². The summed E-state index contributed by atoms with van der Waals surface area (Å²) < 4.78 is 7.58. The maximum absolute atomic E-state index is 5.39. The van der Waals surface area contributed by atoms with E-state index in [2.05, 4.69) is 47.9 Å². The number of para-hydroxylation sites is 2. The number of aryl methyl sites for hydroxylation is 1. The molecule has 0 amide bonds. The van der Waals surface area contributed by atoms with Crippen LogP contribution in [0.25, 0.3) is 28.1 Å². The largest absolute Gasteiger partial charge is 0.497 e. The molecular weight excluding hydrogens is 296 g/mol. The fourth-order valence-corrected chi connectivity index (χ4v) is 2.93. The van der Waals surface area contributed by atoms with Gasteiger partial charge in [-0.2, -0.15) is 0 Å². The normalized spacial score (nSPS) is 10.9. The molecule has 24 heavy (non-hydrogen) atoms. The number of ether oxygens (including phenoxy) is 1. The Morgan fingerprint density at radius 1 is 0.875 bits per heavy atom. The Morgan fingerprint density at radius 2 is 1.67 bits per heavy atom. The van der Waals surface area contributed by atoms with Crippen LogP contribution in [0.3, 0.4) is 0 Å². The van der Waals surface area contributed by atoms with E-state index in [4.69, 9.17) is 9.72 Å². The first-order chi connectivity index (χ1) is 11.8. The van der Waals surface area contributed by atoms with Crippen LogP contribution in [0.15, 0.2) is 72.8 Å². The standard InChI is InChI=1S/C21H18N2O/c1-15-10-12-16(13-11-15)21-22-19-8-3-4-9-20(19)23(21)17-6-5-7-18(14-17)24-2/h3-14H,1-2H3. The van der Waals surface area contributed by atoms with Crippen molar-refractivity contribution < 1.29 is 4.74 Å². The van der Waals surface area contributed by atoms with Crippen molar-refractivity contribution >= 4 is 11.0 Å². The predicted molar refractivity (Wildman–Crippen MR) is 97.8 cm³/mol. The molecule has 0 saturated carbocycles. The van der Waals surface area contributed by atoms with Crippen LogP contribution in [-0.4, -0.2) is 16.7 Å². The van der Waals surface area contributed by atoms with E-state index >= 15 is 0 Å². The fraction of sp³-hybridized carbons (Fsp3) is 0.0952. The van der Waals surface area contributed by atoms with Gasteiger partial charge in [0.05, 0.1) is 23.8 Å². The van der Waals surface area contributed by atoms with Crippen molar-refractivity contribution in [3.8, 4) is 22.8 Å². The average molecular weight is 314 g/mol. The van der Waals surface area contributed by atoms with Crippen molar-refractivity contribution in [2.75, 3.05) is 7.11 Å². The lowest BCUT2D eigenvalue weighted by Gasteiger charge is -2.11. The van der Waals surface area contributed by atoms with Gasteiger partial charge in [0.1, 0.15) is 11.6 Å². The van der Waals surface area contributed by atoms with Crippen LogP contribution in [0.5, 0.6) is 5.75 Å². The summed E-state index contributed by atoms with van der Waals surface area (Å²) in [5, 5.41) is 0. The van der Waals surface area contributed by atoms with E-state index in [1.807, 2.05) is 36.4 Å². The minimum atomic E-state index is 0.833. The summed E-state index contributed by atoms with van der Waals surface area (Å²) in [4.78, 5) is 4.87. The molecule has 0 aliphatic rings. The van der Waals surface area contributed by atoms with E-state index in [-0.39, 0.29) is 0 Å². The molecule has 0 unspecified atom stereocenters. The number of hydrogen-bond donors (Lipinski definition) is 0. The van der Waals surface area contributed by atoms with E-state index in [1.165, 1.54) is 5.56 Å². The third-order valence-electron chi connectivity index (χ3n) is 4.18. The van der Waals surface area contributed by atoms with Crippen LogP contribution in [0.1, 0.15) is 5.56 Å². The Hall–Kier alpha value is -3.07. The van der Waals surface area contributed by atoms with Gasteiger partial charge in [-0.15, -0.1) is 0 Å². The summed E-state index contributed by atoms with van der Waals surface area (Å²) in [7, 11) is 1.69. The smallest absolute Gasteiger partial charge is 0.145 e. The number of imidazole rings is 1. The number of hydrogen-bond acceptors (Lipinski definition) is 2. The van der Waals surface area contributed by atoms with E-state index in [0.717, 1.165) is 33.9 Å². The lowest BCUT2D eigenvalue weighted by atomic mass is 10.1. The summed E-state index contributed by atoms with van der Waals surface area (Å²) in [5.41, 5.74) is 5.44. The number of methoxy groups -OCH3 is 1. The molecule has 0 radical (unpaired) electrons. The first kappa shape index (κ1) is 14.5. The van der Waals surface area contributed by atoms with Gasteiger partial charge in [0.25, 0.3) is 0 Å². The van der Waals surface area contributed by atoms with Crippen LogP contribution >= 0.6 is 0 Å². The van der Waals surface area contributed by atoms with Crippen LogP contribution in [0.2, 0.25) is 0 Å². The molecule has 3 aromatic carbocycles. The maximum atomic E-state index is 5.39. The molecule has 0 aliphatic heterocycles. The van der Waals surface area contributed by atoms with E-state index < -0.39 is 0 Å². The molecule has 118 valence electrons. The average Bonchev–Trinajstić information content (AvgIpc) is 3.02. The molecule has 1 aromatic heterocycles. The van der Waals surface area contributed by atoms with Crippen molar-refractivity contribution in [1.82, 2.24) is 9.55 Å². The van der Waals surface area contributed by atoms with E-state index in [1.54, 1.807) is 7.11 Å². The van der Waals surface area contributed by atoms with Crippen molar-refractivity contribution in [2.45, 2.75) is 6.92 Å². The zero-order valence-electron chi connectivity index (χ0n) is 13.7. The van der Waals surface area contributed by atoms with Crippen LogP contribution in [-0.2, 0) is 0 Å². The molecule has 4 aromatic rings. The molecule has 0 atom stereocenters. The molecule has 0 N–H and O–H groups in total. The van der Waals surface area contributed by atoms with Crippen LogP contribution in [0.4, 0.5) is 0 Å². The van der Waals surface area contributed by atoms with Gasteiger partial charge in [-0.3, -0.25) is 4.57 Å². The number of nitrogens with zero attached hydrogens (tertiary/aromatic N) is 2. The van der Waals surface area contributed by atoms with E-state index in [0.29, 0.717) is 0 Å². The van der Waals surface area contributed by atoms with Gasteiger partial charge in [0.2, 0.25) is 0 Å². The lowest BCUT2D eigenvalue weighted by Crippen LogP contribution is -1.98. The highest BCUT2D eigenvalue weighted by Gasteiger charge is 2.14. The van der Waals surface area contributed by atoms with Gasteiger partial charge in [0, 0.05) is 11.6 Å². The molecule has 0 spiro atoms. The minimum Gasteiger partial charge on any atom is -0.497 e. The molecular formula is C21H18N2O. The number of aromatic nitrogens is 2. The number of fused-ring (bicyclic) bond motifs is 1. The van der Waals surface area contributed by atoms with Gasteiger partial charge >= 0.3 is 0 Å². The Morgan fingerprint density at radius 3 is 2.46 bits per heavy atom. The van der Waals surface area contributed by atoms with Crippen LogP contribution < -0.4 is 4.74 Å². The molecule has 1 heterocycles. The Balaban J connectivity index is 2.01. The first-order valence-electron chi connectivity index (χ1n) is 7.95. The SMILES string of the molecule is COc1cccc(-n2c(-c3ccc(C)cc3)nc3ccccc32)c1. The highest BCUT2D eigenvalue weighted by atomic mass is 16.5. The predicted octanol–water partition coefficient (Wildman–Crippen LogP) is 5.01. The van der Waals surface area contributed by atoms with Crippen molar-refractivity contribution in [3.63, 3.8) is 0 Å². The summed E-state index contributed by atoms with van der Waals surface area (Å²) in [6.07, 6.45) is 0. The molecule has 3 nitrogen and oxygen atoms in total. The Kier molecular flexibility index (Phi) is 3.54. The second kappa shape index (κ2) is 5.85. The van der Waals surface area contributed by atoms with E-state index in [9.17, 15) is 0 Å². The monoisotopic (exact) mass is 314 g/mol. The summed E-state index contributed by atoms with van der Waals surface area (Å²) in [5.74, 6) is 1.77. The van der Waals surface area contributed by atoms with Gasteiger partial charge in [-0.25, -0.2) is 4.98 Å². The second-order valence-corrected chi connectivity index (χ2v) is 5.83. The van der Waals surface area contributed by atoms with Crippen LogP contribution in [0, 0.1) is 6.92 Å². The summed E-state index contributed by atoms with van der Waals surface area (Å²) in [6, 6.07) is 24.7. The molecule has 0 bridgehead atoms. The highest BCUT2D eigenvalue weighted by molar-refractivity contribution is 5.83. The third-order valence-corrected chi connectivity index (χ3v) is 4.18. The van der Waals surface area contributed by atoms with Crippen molar-refractivity contribution in [1.29, 1.82) is 0 Å². The second-order valence-electron chi connectivity index (χ2n) is 5.83. The minimum absolute atomic E-state index is 0.833. The summed E-state index contributed by atoms with van der Waals surface area (Å²) >= 11 is 0. The third kappa shape index (κ3) is 2.44. The first-order valence-corrected chi connectivity index (χ1v) is 7.95. The van der Waals surface area contributed by atoms with Crippen molar-refractivity contribution in [2.24, 2.45) is 0 Å². The Bertz CT molecular complexity index is 1000. The highest BCUT2D eigenvalue weighted by Crippen LogP contribution is 2.30. The zero-order chi connectivity index (χ0) is 16.5. The molecule has 0 saturated heterocycles. The number of rotatable bonds is 3. The summed E-state index contributed by atoms with van der Waals surface area (Å²) in [6.45, 7) is 2.09. The molecule has 3 heteroatoms. The fourth-order valence-electron chi connectivity index (χ4n) is 2.93. The number of benzene rings is 3. The molecule has 0 fully saturated rings. The maximum Gasteiger partial charge on any atom is 0.145 e. The molecule has 0 aliphatic carbocycles. The zero-order valence-corrected chi connectivity index (χ0v) is 13.7. The quantitative estimate of drug-likeness (QED) is 0.531. The lowest BCUT2D eigenvalue weighted by molar-refractivity contribution is 0.414. The van der Waals surface area contributed by atoms with Crippen molar-refractivity contribution in [3.05, 3.63) is 78.4 Å². The van der Waals surface area contributed by atoms with Gasteiger partial charge in [0.15, 0.2) is 0 Å². The van der Waals surface area contributed by atoms with Gasteiger partial charge in [-0.1, -0.05) is 48.0 Å². The topological polar surface area (TPSA) is 27.1 Å².